The van der Waals surface area contributed by atoms with Gasteiger partial charge in [0, 0.05) is 11.6 Å². The number of carbonyl (C=O) groups excluding carboxylic acids is 1. The normalized spacial score (nSPS) is 30.5. The second kappa shape index (κ2) is 14.4. The van der Waals surface area contributed by atoms with Gasteiger partial charge in [-0.2, -0.15) is 0 Å². The first-order valence-electron chi connectivity index (χ1n) is 15.5. The van der Waals surface area contributed by atoms with E-state index in [1.54, 1.807) is 13.8 Å². The zero-order valence-electron chi connectivity index (χ0n) is 26.8. The van der Waals surface area contributed by atoms with Crippen molar-refractivity contribution in [1.29, 1.82) is 0 Å². The molecule has 10 N–H and O–H groups in total. The number of ether oxygens (including phenoxy) is 5. The van der Waals surface area contributed by atoms with Gasteiger partial charge < -0.3 is 79.2 Å². The molecule has 2 aliphatic heterocycles. The Bertz CT molecular complexity index is 1770. The van der Waals surface area contributed by atoms with Gasteiger partial charge in [0.25, 0.3) is 0 Å². The van der Waals surface area contributed by atoms with Crippen molar-refractivity contribution >= 4 is 16.9 Å². The fourth-order valence-corrected chi connectivity index (χ4v) is 5.40. The number of carbonyl (C=O) groups is 1. The number of hydrogen-bond donors (Lipinski definition) is 10. The van der Waals surface area contributed by atoms with Gasteiger partial charge in [-0.15, -0.1) is 0 Å². The van der Waals surface area contributed by atoms with E-state index in [9.17, 15) is 60.7 Å². The summed E-state index contributed by atoms with van der Waals surface area (Å²) in [7, 11) is 0. The Morgan fingerprint density at radius 2 is 1.54 bits per heavy atom. The summed E-state index contributed by atoms with van der Waals surface area (Å²) in [5.74, 6) is -6.32. The van der Waals surface area contributed by atoms with Crippen LogP contribution in [0.4, 0.5) is 0 Å². The van der Waals surface area contributed by atoms with E-state index < -0.39 is 137 Å². The standard InChI is InChI=1S/C32H38O18/c1-4-10(2)30(44)49-28-19(37)11(3)45-32(25(28)43)46-16-8-15(36)18-22(40)29(50-31-24(42)23(41)20(38)17(9-33)47-31)26(48-27(18)21(16)39)12-5-6-13(34)14(35)7-12/h5-8,10-11,17,19-20,23-25,28,31-39,41-43H,4,9H2,1-3H3/t10-,11-,17+,19-,20+,23-,24+,25+,28+,31-,32-/m0/s1. The van der Waals surface area contributed by atoms with E-state index in [4.69, 9.17) is 28.1 Å². The number of hydrogen-bond acceptors (Lipinski definition) is 18. The van der Waals surface area contributed by atoms with Crippen molar-refractivity contribution in [3.05, 3.63) is 34.5 Å². The number of aliphatic hydroxyl groups excluding tert-OH is 6. The first kappa shape index (κ1) is 36.9. The fraction of sp³-hybridized carbons (Fsp3) is 0.500. The number of benzene rings is 2. The Kier molecular flexibility index (Phi) is 10.7. The van der Waals surface area contributed by atoms with Crippen LogP contribution in [0.1, 0.15) is 27.2 Å². The summed E-state index contributed by atoms with van der Waals surface area (Å²) in [4.78, 5) is 26.4. The first-order valence-corrected chi connectivity index (χ1v) is 15.5. The second-order valence-electron chi connectivity index (χ2n) is 12.1. The molecule has 1 aromatic heterocycles. The van der Waals surface area contributed by atoms with Crippen LogP contribution in [0.2, 0.25) is 0 Å². The Balaban J connectivity index is 1.59. The molecule has 0 spiro atoms. The average molecular weight is 711 g/mol. The van der Waals surface area contributed by atoms with Gasteiger partial charge >= 0.3 is 5.97 Å². The monoisotopic (exact) mass is 710 g/mol. The lowest BCUT2D eigenvalue weighted by Crippen LogP contribution is -2.60. The summed E-state index contributed by atoms with van der Waals surface area (Å²) in [6.45, 7) is 3.91. The smallest absolute Gasteiger partial charge is 0.309 e. The fourth-order valence-electron chi connectivity index (χ4n) is 5.40. The molecule has 3 heterocycles. The topological polar surface area (TPSA) is 296 Å². The number of phenolic OH excluding ortho intramolecular Hbond substituents is 4. The van der Waals surface area contributed by atoms with Crippen LogP contribution < -0.4 is 14.9 Å². The summed E-state index contributed by atoms with van der Waals surface area (Å²) in [5.41, 5.74) is -2.09. The van der Waals surface area contributed by atoms with Crippen LogP contribution in [0.3, 0.4) is 0 Å². The third-order valence-corrected chi connectivity index (χ3v) is 8.66. The molecule has 3 aromatic rings. The molecule has 2 fully saturated rings. The first-order chi connectivity index (χ1) is 23.6. The number of aromatic hydroxyl groups is 4. The van der Waals surface area contributed by atoms with Crippen molar-refractivity contribution < 1.29 is 84.0 Å². The molecule has 2 saturated heterocycles. The Morgan fingerprint density at radius 3 is 2.18 bits per heavy atom. The molecule has 274 valence electrons. The molecule has 18 heteroatoms. The molecule has 2 aromatic carbocycles. The van der Waals surface area contributed by atoms with Gasteiger partial charge in [-0.3, -0.25) is 9.59 Å². The SMILES string of the molecule is CC[C@H](C)C(=O)O[C@@H]1[C@@H](O)[C@H](C)O[C@@H](Oc2cc(O)c3c(=O)c(O[C@@H]4O[C@H](CO)[C@@H](O)[C@H](O)[C@H]4O)c(-c4ccc(O)c(O)c4)oc3c2O)[C@@H]1O. The molecular formula is C32H38O18. The van der Waals surface area contributed by atoms with E-state index >= 15 is 0 Å². The molecule has 0 aliphatic carbocycles. The van der Waals surface area contributed by atoms with E-state index in [0.29, 0.717) is 6.42 Å². The van der Waals surface area contributed by atoms with Gasteiger partial charge in [-0.25, -0.2) is 0 Å². The molecule has 0 saturated carbocycles. The van der Waals surface area contributed by atoms with Crippen molar-refractivity contribution in [3.63, 3.8) is 0 Å². The van der Waals surface area contributed by atoms with E-state index in [0.717, 1.165) is 24.3 Å². The average Bonchev–Trinajstić information content (AvgIpc) is 3.09. The molecule has 2 aliphatic rings. The third-order valence-electron chi connectivity index (χ3n) is 8.66. The minimum atomic E-state index is -1.99. The lowest BCUT2D eigenvalue weighted by Gasteiger charge is -2.41. The zero-order valence-corrected chi connectivity index (χ0v) is 26.8. The van der Waals surface area contributed by atoms with Gasteiger partial charge in [0.15, 0.2) is 40.8 Å². The van der Waals surface area contributed by atoms with Crippen LogP contribution in [-0.2, 0) is 19.0 Å². The molecular weight excluding hydrogens is 672 g/mol. The third kappa shape index (κ3) is 6.71. The minimum Gasteiger partial charge on any atom is -0.507 e. The van der Waals surface area contributed by atoms with Crippen LogP contribution in [-0.4, -0.2) is 125 Å². The van der Waals surface area contributed by atoms with E-state index in [2.05, 4.69) is 0 Å². The van der Waals surface area contributed by atoms with Gasteiger partial charge in [0.2, 0.25) is 29.5 Å². The predicted octanol–water partition coefficient (Wildman–Crippen LogP) is -0.736. The lowest BCUT2D eigenvalue weighted by atomic mass is 9.99. The summed E-state index contributed by atoms with van der Waals surface area (Å²) in [6, 6.07) is 3.89. The van der Waals surface area contributed by atoms with E-state index in [1.165, 1.54) is 6.92 Å². The molecule has 18 nitrogen and oxygen atoms in total. The lowest BCUT2D eigenvalue weighted by molar-refractivity contribution is -0.277. The highest BCUT2D eigenvalue weighted by Gasteiger charge is 2.48. The summed E-state index contributed by atoms with van der Waals surface area (Å²) >= 11 is 0. The Morgan fingerprint density at radius 1 is 0.860 bits per heavy atom. The van der Waals surface area contributed by atoms with Crippen LogP contribution in [0.15, 0.2) is 33.5 Å². The van der Waals surface area contributed by atoms with Crippen molar-refractivity contribution in [3.8, 4) is 45.8 Å². The summed E-state index contributed by atoms with van der Waals surface area (Å²) < 4.78 is 33.3. The number of phenols is 4. The number of esters is 1. The molecule has 0 amide bonds. The molecule has 50 heavy (non-hydrogen) atoms. The zero-order chi connectivity index (χ0) is 36.8. The second-order valence-corrected chi connectivity index (χ2v) is 12.1. The summed E-state index contributed by atoms with van der Waals surface area (Å²) in [5, 5.41) is 104. The maximum absolute atomic E-state index is 13.9. The van der Waals surface area contributed by atoms with Crippen LogP contribution in [0.5, 0.6) is 34.5 Å². The molecule has 11 atom stereocenters. The van der Waals surface area contributed by atoms with Gasteiger partial charge in [-0.1, -0.05) is 13.8 Å². The maximum atomic E-state index is 13.9. The van der Waals surface area contributed by atoms with Gasteiger partial charge in [-0.05, 0) is 31.5 Å². The predicted molar refractivity (Wildman–Crippen MR) is 165 cm³/mol. The van der Waals surface area contributed by atoms with Gasteiger partial charge in [0.05, 0.1) is 18.6 Å². The van der Waals surface area contributed by atoms with Crippen molar-refractivity contribution in [2.75, 3.05) is 6.61 Å². The summed E-state index contributed by atoms with van der Waals surface area (Å²) in [6.07, 6.45) is -16.2. The van der Waals surface area contributed by atoms with Crippen LogP contribution in [0.25, 0.3) is 22.3 Å². The molecule has 0 radical (unpaired) electrons. The van der Waals surface area contributed by atoms with Crippen LogP contribution >= 0.6 is 0 Å². The highest BCUT2D eigenvalue weighted by atomic mass is 16.7. The molecule has 5 rings (SSSR count). The van der Waals surface area contributed by atoms with Crippen molar-refractivity contribution in [2.45, 2.75) is 88.6 Å². The Labute approximate surface area is 282 Å². The number of fused-ring (bicyclic) bond motifs is 1. The maximum Gasteiger partial charge on any atom is 0.309 e. The molecule has 0 bridgehead atoms. The Hall–Kier alpha value is -4.40. The number of rotatable bonds is 9. The van der Waals surface area contributed by atoms with E-state index in [1.807, 2.05) is 0 Å². The van der Waals surface area contributed by atoms with Crippen molar-refractivity contribution in [1.82, 2.24) is 0 Å². The highest BCUT2D eigenvalue weighted by molar-refractivity contribution is 5.93. The highest BCUT2D eigenvalue weighted by Crippen LogP contribution is 2.45. The van der Waals surface area contributed by atoms with Crippen LogP contribution in [0, 0.1) is 5.92 Å². The van der Waals surface area contributed by atoms with E-state index in [-0.39, 0.29) is 5.56 Å². The number of aliphatic hydroxyl groups is 6. The largest absolute Gasteiger partial charge is 0.507 e. The quantitative estimate of drug-likeness (QED) is 0.0743. The minimum absolute atomic E-state index is 0.163. The molecule has 0 unspecified atom stereocenters. The van der Waals surface area contributed by atoms with Crippen molar-refractivity contribution in [2.24, 2.45) is 5.92 Å². The van der Waals surface area contributed by atoms with Gasteiger partial charge in [0.1, 0.15) is 41.7 Å².